The van der Waals surface area contributed by atoms with Gasteiger partial charge in [-0.15, -0.1) is 0 Å². The predicted molar refractivity (Wildman–Crippen MR) is 108 cm³/mol. The van der Waals surface area contributed by atoms with Crippen LogP contribution in [0.15, 0.2) is 51.7 Å². The Hall–Kier alpha value is -2.60. The number of nitrogens with zero attached hydrogens (tertiary/aromatic N) is 2. The summed E-state index contributed by atoms with van der Waals surface area (Å²) in [4.78, 5) is 4.26. The monoisotopic (exact) mass is 414 g/mol. The van der Waals surface area contributed by atoms with E-state index in [1.54, 1.807) is 20.5 Å². The minimum Gasteiger partial charge on any atom is -0.495 e. The number of para-hydroxylation sites is 2. The Morgan fingerprint density at radius 3 is 2.35 bits per heavy atom. The van der Waals surface area contributed by atoms with Gasteiger partial charge in [-0.3, -0.25) is 0 Å². The summed E-state index contributed by atoms with van der Waals surface area (Å²) in [5.41, 5.74) is 4.80. The molecule has 4 rings (SSSR count). The SMILES string of the molecule is COc1c(C2=CN(C)c3ccccc3N2C)c(OC)c2ccoc2c1Br. The Bertz CT molecular complexity index is 1030. The van der Waals surface area contributed by atoms with Crippen molar-refractivity contribution < 1.29 is 13.9 Å². The summed E-state index contributed by atoms with van der Waals surface area (Å²) in [5, 5.41) is 0.894. The van der Waals surface area contributed by atoms with Crippen molar-refractivity contribution in [1.29, 1.82) is 0 Å². The van der Waals surface area contributed by atoms with E-state index in [0.29, 0.717) is 11.3 Å². The molecule has 1 aliphatic rings. The van der Waals surface area contributed by atoms with Gasteiger partial charge in [0.2, 0.25) is 0 Å². The van der Waals surface area contributed by atoms with Crippen molar-refractivity contribution in [3.05, 3.63) is 52.8 Å². The zero-order valence-corrected chi connectivity index (χ0v) is 16.6. The smallest absolute Gasteiger partial charge is 0.155 e. The number of hydrogen-bond acceptors (Lipinski definition) is 5. The third-order valence-corrected chi connectivity index (χ3v) is 5.45. The maximum absolute atomic E-state index is 5.79. The lowest BCUT2D eigenvalue weighted by Gasteiger charge is -2.35. The Labute approximate surface area is 160 Å². The third kappa shape index (κ3) is 2.29. The van der Waals surface area contributed by atoms with E-state index >= 15 is 0 Å². The van der Waals surface area contributed by atoms with Gasteiger partial charge in [0.15, 0.2) is 5.58 Å². The molecule has 1 aliphatic heterocycles. The number of halogens is 1. The molecule has 0 atom stereocenters. The summed E-state index contributed by atoms with van der Waals surface area (Å²) in [5.74, 6) is 1.40. The first kappa shape index (κ1) is 16.8. The summed E-state index contributed by atoms with van der Waals surface area (Å²) < 4.78 is 17.9. The van der Waals surface area contributed by atoms with Gasteiger partial charge < -0.3 is 23.7 Å². The molecule has 0 fully saturated rings. The quantitative estimate of drug-likeness (QED) is 0.595. The van der Waals surface area contributed by atoms with Crippen molar-refractivity contribution in [1.82, 2.24) is 0 Å². The first-order valence-electron chi connectivity index (χ1n) is 8.17. The van der Waals surface area contributed by atoms with Crippen molar-refractivity contribution in [3.8, 4) is 11.5 Å². The number of rotatable bonds is 3. The topological polar surface area (TPSA) is 38.1 Å². The number of fused-ring (bicyclic) bond motifs is 2. The average molecular weight is 415 g/mol. The van der Waals surface area contributed by atoms with Crippen molar-refractivity contribution >= 4 is 44.0 Å². The molecule has 0 saturated heterocycles. The van der Waals surface area contributed by atoms with Crippen molar-refractivity contribution in [2.45, 2.75) is 0 Å². The second-order valence-corrected chi connectivity index (χ2v) is 6.88. The first-order chi connectivity index (χ1) is 12.6. The predicted octanol–water partition coefficient (Wildman–Crippen LogP) is 5.10. The van der Waals surface area contributed by atoms with Gasteiger partial charge >= 0.3 is 0 Å². The van der Waals surface area contributed by atoms with Gasteiger partial charge in [-0.25, -0.2) is 0 Å². The van der Waals surface area contributed by atoms with Gasteiger partial charge in [0.25, 0.3) is 0 Å². The summed E-state index contributed by atoms with van der Waals surface area (Å²) in [6.07, 6.45) is 3.74. The molecule has 26 heavy (non-hydrogen) atoms. The molecule has 2 heterocycles. The number of ether oxygens (including phenoxy) is 2. The fourth-order valence-electron chi connectivity index (χ4n) is 3.49. The van der Waals surface area contributed by atoms with E-state index in [1.165, 1.54) is 0 Å². The molecule has 0 aliphatic carbocycles. The van der Waals surface area contributed by atoms with Crippen LogP contribution in [0.5, 0.6) is 11.5 Å². The van der Waals surface area contributed by atoms with E-state index in [0.717, 1.165) is 38.2 Å². The second kappa shape index (κ2) is 6.29. The normalized spacial score (nSPS) is 13.7. The summed E-state index contributed by atoms with van der Waals surface area (Å²) in [6.45, 7) is 0. The van der Waals surface area contributed by atoms with Crippen LogP contribution >= 0.6 is 15.9 Å². The zero-order chi connectivity index (χ0) is 18.4. The highest BCUT2D eigenvalue weighted by Gasteiger charge is 2.29. The molecule has 0 N–H and O–H groups in total. The highest BCUT2D eigenvalue weighted by molar-refractivity contribution is 9.10. The number of hydrogen-bond donors (Lipinski definition) is 0. The molecule has 0 saturated carbocycles. The molecule has 0 unspecified atom stereocenters. The van der Waals surface area contributed by atoms with Crippen LogP contribution < -0.4 is 19.3 Å². The van der Waals surface area contributed by atoms with Crippen LogP contribution in [-0.4, -0.2) is 28.3 Å². The molecule has 134 valence electrons. The molecule has 0 radical (unpaired) electrons. The highest BCUT2D eigenvalue weighted by atomic mass is 79.9. The minimum absolute atomic E-state index is 0.676. The van der Waals surface area contributed by atoms with Crippen molar-refractivity contribution in [2.24, 2.45) is 0 Å². The lowest BCUT2D eigenvalue weighted by atomic mass is 10.0. The van der Waals surface area contributed by atoms with Gasteiger partial charge in [-0.2, -0.15) is 0 Å². The van der Waals surface area contributed by atoms with Crippen LogP contribution in [0.25, 0.3) is 16.7 Å². The molecule has 0 bridgehead atoms. The summed E-state index contributed by atoms with van der Waals surface area (Å²) in [6, 6.07) is 10.2. The minimum atomic E-state index is 0.676. The zero-order valence-electron chi connectivity index (χ0n) is 15.0. The van der Waals surface area contributed by atoms with E-state index in [2.05, 4.69) is 44.1 Å². The van der Waals surface area contributed by atoms with E-state index in [1.807, 2.05) is 32.3 Å². The van der Waals surface area contributed by atoms with Crippen LogP contribution in [0.1, 0.15) is 5.56 Å². The molecular weight excluding hydrogens is 396 g/mol. The Balaban J connectivity index is 2.03. The lowest BCUT2D eigenvalue weighted by molar-refractivity contribution is 0.392. The molecular formula is C20H19BrN2O3. The summed E-state index contributed by atoms with van der Waals surface area (Å²) >= 11 is 3.64. The van der Waals surface area contributed by atoms with Crippen LogP contribution in [0.4, 0.5) is 11.4 Å². The van der Waals surface area contributed by atoms with Crippen molar-refractivity contribution in [3.63, 3.8) is 0 Å². The fraction of sp³-hybridized carbons (Fsp3) is 0.200. The van der Waals surface area contributed by atoms with E-state index < -0.39 is 0 Å². The summed E-state index contributed by atoms with van der Waals surface area (Å²) in [7, 11) is 7.40. The maximum atomic E-state index is 5.79. The fourth-order valence-corrected chi connectivity index (χ4v) is 4.16. The van der Waals surface area contributed by atoms with E-state index in [9.17, 15) is 0 Å². The molecule has 5 nitrogen and oxygen atoms in total. The molecule has 2 aromatic carbocycles. The number of methoxy groups -OCH3 is 2. The Kier molecular flexibility index (Phi) is 4.07. The Morgan fingerprint density at radius 2 is 1.65 bits per heavy atom. The number of anilines is 2. The lowest BCUT2D eigenvalue weighted by Crippen LogP contribution is -2.27. The van der Waals surface area contributed by atoms with Crippen molar-refractivity contribution in [2.75, 3.05) is 38.1 Å². The van der Waals surface area contributed by atoms with Gasteiger partial charge in [-0.05, 0) is 34.1 Å². The third-order valence-electron chi connectivity index (χ3n) is 4.73. The van der Waals surface area contributed by atoms with Crippen LogP contribution in [-0.2, 0) is 0 Å². The van der Waals surface area contributed by atoms with Gasteiger partial charge in [0, 0.05) is 20.3 Å². The van der Waals surface area contributed by atoms with E-state index in [4.69, 9.17) is 13.9 Å². The van der Waals surface area contributed by atoms with Gasteiger partial charge in [0.1, 0.15) is 16.0 Å². The van der Waals surface area contributed by atoms with Crippen LogP contribution in [0.2, 0.25) is 0 Å². The average Bonchev–Trinajstić information content (AvgIpc) is 3.15. The Morgan fingerprint density at radius 1 is 0.962 bits per heavy atom. The standard InChI is InChI=1S/C20H19BrN2O3/c1-22-11-15(23(2)14-8-6-5-7-13(14)22)16-18(24-3)12-9-10-26-19(12)17(21)20(16)25-4/h5-11H,1-4H3. The largest absolute Gasteiger partial charge is 0.495 e. The molecule has 1 aromatic heterocycles. The second-order valence-electron chi connectivity index (χ2n) is 6.09. The first-order valence-corrected chi connectivity index (χ1v) is 8.96. The highest BCUT2D eigenvalue weighted by Crippen LogP contribution is 2.50. The molecule has 0 amide bonds. The number of benzene rings is 2. The van der Waals surface area contributed by atoms with Gasteiger partial charge in [0.05, 0.1) is 48.5 Å². The van der Waals surface area contributed by atoms with Crippen LogP contribution in [0.3, 0.4) is 0 Å². The van der Waals surface area contributed by atoms with E-state index in [-0.39, 0.29) is 0 Å². The molecule has 6 heteroatoms. The molecule has 0 spiro atoms. The van der Waals surface area contributed by atoms with Crippen LogP contribution in [0, 0.1) is 0 Å². The number of furan rings is 1. The maximum Gasteiger partial charge on any atom is 0.155 e. The van der Waals surface area contributed by atoms with Gasteiger partial charge in [-0.1, -0.05) is 12.1 Å². The molecule has 3 aromatic rings.